The Balaban J connectivity index is 2.95. The van der Waals surface area contributed by atoms with E-state index in [2.05, 4.69) is 9.97 Å². The topological polar surface area (TPSA) is 84.5 Å². The Bertz CT molecular complexity index is 319. The van der Waals surface area contributed by atoms with Crippen molar-refractivity contribution in [3.63, 3.8) is 0 Å². The number of nitrogens with two attached hydrogens (primary N) is 1. The second kappa shape index (κ2) is 5.35. The highest BCUT2D eigenvalue weighted by atomic mass is 16.5. The van der Waals surface area contributed by atoms with Crippen LogP contribution in [0.4, 0.5) is 11.8 Å². The zero-order chi connectivity index (χ0) is 11.3. The Hall–Kier alpha value is -1.56. The SMILES string of the molecule is CCN(CCO)c1cc(OC)nc(N)n1. The highest BCUT2D eigenvalue weighted by Crippen LogP contribution is 2.17. The molecule has 1 rings (SSSR count). The summed E-state index contributed by atoms with van der Waals surface area (Å²) in [7, 11) is 1.52. The van der Waals surface area contributed by atoms with Gasteiger partial charge in [0.05, 0.1) is 13.7 Å². The lowest BCUT2D eigenvalue weighted by Gasteiger charge is -2.20. The van der Waals surface area contributed by atoms with E-state index in [1.165, 1.54) is 7.11 Å². The van der Waals surface area contributed by atoms with Crippen molar-refractivity contribution >= 4 is 11.8 Å². The lowest BCUT2D eigenvalue weighted by molar-refractivity contribution is 0.302. The molecular weight excluding hydrogens is 196 g/mol. The van der Waals surface area contributed by atoms with Crippen LogP contribution in [-0.4, -0.2) is 41.9 Å². The lowest BCUT2D eigenvalue weighted by Crippen LogP contribution is -2.27. The minimum Gasteiger partial charge on any atom is -0.481 e. The van der Waals surface area contributed by atoms with Crippen LogP contribution in [0.25, 0.3) is 0 Å². The van der Waals surface area contributed by atoms with Gasteiger partial charge in [-0.25, -0.2) is 0 Å². The second-order valence-corrected chi connectivity index (χ2v) is 2.93. The van der Waals surface area contributed by atoms with E-state index in [0.29, 0.717) is 18.2 Å². The third-order valence-corrected chi connectivity index (χ3v) is 1.99. The summed E-state index contributed by atoms with van der Waals surface area (Å²) in [5, 5.41) is 8.88. The Morgan fingerprint density at radius 3 is 2.80 bits per heavy atom. The van der Waals surface area contributed by atoms with Gasteiger partial charge in [0.15, 0.2) is 0 Å². The minimum atomic E-state index is 0.0695. The average molecular weight is 212 g/mol. The predicted molar refractivity (Wildman–Crippen MR) is 58.0 cm³/mol. The maximum atomic E-state index is 8.88. The van der Waals surface area contributed by atoms with Crippen LogP contribution in [0.5, 0.6) is 5.88 Å². The van der Waals surface area contributed by atoms with E-state index < -0.39 is 0 Å². The molecule has 15 heavy (non-hydrogen) atoms. The highest BCUT2D eigenvalue weighted by molar-refractivity contribution is 5.45. The predicted octanol–water partition coefficient (Wildman–Crippen LogP) is -0.114. The van der Waals surface area contributed by atoms with Gasteiger partial charge in [-0.15, -0.1) is 0 Å². The number of hydrogen-bond acceptors (Lipinski definition) is 6. The molecule has 3 N–H and O–H groups in total. The molecule has 6 heteroatoms. The molecule has 0 aliphatic rings. The van der Waals surface area contributed by atoms with Gasteiger partial charge in [-0.2, -0.15) is 9.97 Å². The number of anilines is 2. The molecule has 1 heterocycles. The largest absolute Gasteiger partial charge is 0.481 e. The van der Waals surface area contributed by atoms with Crippen LogP contribution in [0.1, 0.15) is 6.92 Å². The van der Waals surface area contributed by atoms with E-state index in [9.17, 15) is 0 Å². The number of aromatic nitrogens is 2. The number of nitrogens with zero attached hydrogens (tertiary/aromatic N) is 3. The number of hydrogen-bond donors (Lipinski definition) is 2. The zero-order valence-corrected chi connectivity index (χ0v) is 8.97. The first-order chi connectivity index (χ1) is 7.21. The fourth-order valence-electron chi connectivity index (χ4n) is 1.25. The normalized spacial score (nSPS) is 10.1. The number of methoxy groups -OCH3 is 1. The van der Waals surface area contributed by atoms with Crippen molar-refractivity contribution in [3.8, 4) is 5.88 Å². The van der Waals surface area contributed by atoms with E-state index in [0.717, 1.165) is 6.54 Å². The van der Waals surface area contributed by atoms with Gasteiger partial charge in [0.2, 0.25) is 11.8 Å². The van der Waals surface area contributed by atoms with Crippen molar-refractivity contribution in [2.75, 3.05) is 37.4 Å². The quantitative estimate of drug-likeness (QED) is 0.708. The molecular formula is C9H16N4O2. The maximum Gasteiger partial charge on any atom is 0.225 e. The van der Waals surface area contributed by atoms with Crippen molar-refractivity contribution < 1.29 is 9.84 Å². The molecule has 0 aliphatic carbocycles. The smallest absolute Gasteiger partial charge is 0.225 e. The number of aliphatic hydroxyl groups excluding tert-OH is 1. The van der Waals surface area contributed by atoms with Crippen molar-refractivity contribution in [3.05, 3.63) is 6.07 Å². The molecule has 0 aromatic carbocycles. The molecule has 0 bridgehead atoms. The zero-order valence-electron chi connectivity index (χ0n) is 8.97. The van der Waals surface area contributed by atoms with Gasteiger partial charge in [0, 0.05) is 19.2 Å². The number of aliphatic hydroxyl groups is 1. The third-order valence-electron chi connectivity index (χ3n) is 1.99. The van der Waals surface area contributed by atoms with E-state index in [1.54, 1.807) is 6.07 Å². The third kappa shape index (κ3) is 2.95. The molecule has 1 aromatic heterocycles. The molecule has 0 aliphatic heterocycles. The van der Waals surface area contributed by atoms with Crippen molar-refractivity contribution in [2.24, 2.45) is 0 Å². The molecule has 0 fully saturated rings. The summed E-state index contributed by atoms with van der Waals surface area (Å²) in [6, 6.07) is 1.69. The monoisotopic (exact) mass is 212 g/mol. The lowest BCUT2D eigenvalue weighted by atomic mass is 10.4. The molecule has 0 saturated heterocycles. The number of rotatable bonds is 5. The van der Waals surface area contributed by atoms with Crippen LogP contribution in [0.3, 0.4) is 0 Å². The van der Waals surface area contributed by atoms with Crippen LogP contribution in [0.2, 0.25) is 0 Å². The van der Waals surface area contributed by atoms with Crippen LogP contribution >= 0.6 is 0 Å². The van der Waals surface area contributed by atoms with Gasteiger partial charge in [-0.1, -0.05) is 0 Å². The molecule has 1 aromatic rings. The van der Waals surface area contributed by atoms with E-state index in [-0.39, 0.29) is 12.6 Å². The second-order valence-electron chi connectivity index (χ2n) is 2.93. The Kier molecular flexibility index (Phi) is 4.11. The summed E-state index contributed by atoms with van der Waals surface area (Å²) in [5.41, 5.74) is 5.53. The molecule has 0 atom stereocenters. The Morgan fingerprint density at radius 1 is 1.53 bits per heavy atom. The molecule has 0 spiro atoms. The summed E-state index contributed by atoms with van der Waals surface area (Å²) in [6.45, 7) is 3.29. The summed E-state index contributed by atoms with van der Waals surface area (Å²) in [6.07, 6.45) is 0. The first kappa shape index (κ1) is 11.5. The van der Waals surface area contributed by atoms with Crippen molar-refractivity contribution in [1.29, 1.82) is 0 Å². The fourth-order valence-corrected chi connectivity index (χ4v) is 1.25. The highest BCUT2D eigenvalue weighted by Gasteiger charge is 2.08. The molecule has 0 unspecified atom stereocenters. The van der Waals surface area contributed by atoms with Gasteiger partial charge < -0.3 is 20.5 Å². The van der Waals surface area contributed by atoms with Crippen LogP contribution in [0.15, 0.2) is 6.07 Å². The van der Waals surface area contributed by atoms with Gasteiger partial charge in [0.25, 0.3) is 0 Å². The fraction of sp³-hybridized carbons (Fsp3) is 0.556. The number of nitrogen functional groups attached to an aromatic ring is 1. The minimum absolute atomic E-state index is 0.0695. The maximum absolute atomic E-state index is 8.88. The van der Waals surface area contributed by atoms with E-state index in [1.807, 2.05) is 11.8 Å². The van der Waals surface area contributed by atoms with Gasteiger partial charge in [0.1, 0.15) is 5.82 Å². The molecule has 0 amide bonds. The van der Waals surface area contributed by atoms with Gasteiger partial charge >= 0.3 is 0 Å². The summed E-state index contributed by atoms with van der Waals surface area (Å²) in [5.74, 6) is 1.26. The van der Waals surface area contributed by atoms with Crippen LogP contribution < -0.4 is 15.4 Å². The Morgan fingerprint density at radius 2 is 2.27 bits per heavy atom. The molecule has 6 nitrogen and oxygen atoms in total. The average Bonchev–Trinajstić information content (AvgIpc) is 2.24. The Labute approximate surface area is 88.7 Å². The molecule has 84 valence electrons. The molecule has 0 saturated carbocycles. The summed E-state index contributed by atoms with van der Waals surface area (Å²) in [4.78, 5) is 9.85. The van der Waals surface area contributed by atoms with Crippen LogP contribution in [-0.2, 0) is 0 Å². The van der Waals surface area contributed by atoms with E-state index in [4.69, 9.17) is 15.6 Å². The number of likely N-dealkylation sites (N-methyl/N-ethyl adjacent to an activating group) is 1. The first-order valence-corrected chi connectivity index (χ1v) is 4.75. The van der Waals surface area contributed by atoms with Crippen molar-refractivity contribution in [2.45, 2.75) is 6.92 Å². The van der Waals surface area contributed by atoms with Gasteiger partial charge in [-0.3, -0.25) is 0 Å². The standard InChI is InChI=1S/C9H16N4O2/c1-3-13(4-5-14)7-6-8(15-2)12-9(10)11-7/h6,14H,3-5H2,1-2H3,(H2,10,11,12). The van der Waals surface area contributed by atoms with Gasteiger partial charge in [-0.05, 0) is 6.92 Å². The first-order valence-electron chi connectivity index (χ1n) is 4.75. The van der Waals surface area contributed by atoms with Crippen molar-refractivity contribution in [1.82, 2.24) is 9.97 Å². The molecule has 0 radical (unpaired) electrons. The van der Waals surface area contributed by atoms with E-state index >= 15 is 0 Å². The van der Waals surface area contributed by atoms with Crippen LogP contribution in [0, 0.1) is 0 Å². The summed E-state index contributed by atoms with van der Waals surface area (Å²) >= 11 is 0. The number of ether oxygens (including phenoxy) is 1. The summed E-state index contributed by atoms with van der Waals surface area (Å²) < 4.78 is 4.99.